The SMILES string of the molecule is CNC(c1ccc(Br)s1)c1c(F)ccc(C)c1F. The lowest BCUT2D eigenvalue weighted by atomic mass is 10.0. The van der Waals surface area contributed by atoms with E-state index in [0.717, 1.165) is 8.66 Å². The van der Waals surface area contributed by atoms with E-state index in [0.29, 0.717) is 5.56 Å². The van der Waals surface area contributed by atoms with Gasteiger partial charge in [-0.2, -0.15) is 0 Å². The van der Waals surface area contributed by atoms with Crippen molar-refractivity contribution in [3.8, 4) is 0 Å². The first-order valence-corrected chi connectivity index (χ1v) is 7.02. The quantitative estimate of drug-likeness (QED) is 0.878. The Labute approximate surface area is 117 Å². The van der Waals surface area contributed by atoms with Gasteiger partial charge in [0.1, 0.15) is 11.6 Å². The van der Waals surface area contributed by atoms with Gasteiger partial charge in [0.25, 0.3) is 0 Å². The first-order valence-electron chi connectivity index (χ1n) is 5.41. The number of rotatable bonds is 3. The van der Waals surface area contributed by atoms with Crippen LogP contribution in [0.2, 0.25) is 0 Å². The summed E-state index contributed by atoms with van der Waals surface area (Å²) in [7, 11) is 1.69. The fourth-order valence-corrected chi connectivity index (χ4v) is 3.40. The molecule has 2 rings (SSSR count). The third-order valence-corrected chi connectivity index (χ3v) is 4.46. The van der Waals surface area contributed by atoms with Crippen molar-refractivity contribution in [3.63, 3.8) is 0 Å². The fraction of sp³-hybridized carbons (Fsp3) is 0.231. The van der Waals surface area contributed by atoms with Crippen LogP contribution >= 0.6 is 27.3 Å². The Morgan fingerprint density at radius 1 is 1.22 bits per heavy atom. The van der Waals surface area contributed by atoms with Crippen LogP contribution in [0, 0.1) is 18.6 Å². The first kappa shape index (κ1) is 13.6. The number of thiophene rings is 1. The van der Waals surface area contributed by atoms with Crippen LogP contribution in [0.3, 0.4) is 0 Å². The monoisotopic (exact) mass is 331 g/mol. The van der Waals surface area contributed by atoms with Crippen molar-refractivity contribution in [1.82, 2.24) is 5.32 Å². The van der Waals surface area contributed by atoms with E-state index in [1.807, 2.05) is 12.1 Å². The van der Waals surface area contributed by atoms with E-state index >= 15 is 0 Å². The topological polar surface area (TPSA) is 12.0 Å². The molecule has 0 radical (unpaired) electrons. The minimum absolute atomic E-state index is 0.0758. The molecule has 0 bridgehead atoms. The molecule has 18 heavy (non-hydrogen) atoms. The molecule has 2 aromatic rings. The van der Waals surface area contributed by atoms with E-state index in [9.17, 15) is 8.78 Å². The highest BCUT2D eigenvalue weighted by atomic mass is 79.9. The highest BCUT2D eigenvalue weighted by molar-refractivity contribution is 9.11. The van der Waals surface area contributed by atoms with Crippen molar-refractivity contribution in [2.45, 2.75) is 13.0 Å². The van der Waals surface area contributed by atoms with Crippen LogP contribution in [0.1, 0.15) is 22.0 Å². The van der Waals surface area contributed by atoms with Gasteiger partial charge < -0.3 is 5.32 Å². The van der Waals surface area contributed by atoms with Gasteiger partial charge in [0, 0.05) is 10.4 Å². The molecule has 1 atom stereocenters. The molecule has 0 aliphatic carbocycles. The molecule has 0 saturated carbocycles. The summed E-state index contributed by atoms with van der Waals surface area (Å²) in [4.78, 5) is 0.868. The molecule has 0 saturated heterocycles. The highest BCUT2D eigenvalue weighted by Gasteiger charge is 2.23. The fourth-order valence-electron chi connectivity index (χ4n) is 1.86. The van der Waals surface area contributed by atoms with Gasteiger partial charge in [0.15, 0.2) is 0 Å². The van der Waals surface area contributed by atoms with Gasteiger partial charge in [-0.1, -0.05) is 6.07 Å². The van der Waals surface area contributed by atoms with Gasteiger partial charge in [-0.05, 0) is 53.7 Å². The van der Waals surface area contributed by atoms with E-state index in [-0.39, 0.29) is 5.56 Å². The Hall–Kier alpha value is -0.780. The molecule has 0 amide bonds. The molecule has 1 aromatic carbocycles. The number of aryl methyl sites for hydroxylation is 1. The Bertz CT molecular complexity index is 568. The minimum Gasteiger partial charge on any atom is -0.308 e. The smallest absolute Gasteiger partial charge is 0.134 e. The Kier molecular flexibility index (Phi) is 4.14. The Morgan fingerprint density at radius 3 is 2.50 bits per heavy atom. The summed E-state index contributed by atoms with van der Waals surface area (Å²) in [6.45, 7) is 1.63. The summed E-state index contributed by atoms with van der Waals surface area (Å²) < 4.78 is 28.9. The van der Waals surface area contributed by atoms with Crippen molar-refractivity contribution in [3.05, 3.63) is 55.7 Å². The summed E-state index contributed by atoms with van der Waals surface area (Å²) in [6.07, 6.45) is 0. The second-order valence-corrected chi connectivity index (χ2v) is 6.45. The summed E-state index contributed by atoms with van der Waals surface area (Å²) in [5.41, 5.74) is 0.522. The first-order chi connectivity index (χ1) is 8.54. The summed E-state index contributed by atoms with van der Waals surface area (Å²) in [6, 6.07) is 6.01. The van der Waals surface area contributed by atoms with Gasteiger partial charge in [-0.15, -0.1) is 11.3 Å². The molecule has 1 aromatic heterocycles. The maximum absolute atomic E-state index is 14.1. The van der Waals surface area contributed by atoms with Crippen molar-refractivity contribution in [2.24, 2.45) is 0 Å². The molecular weight excluding hydrogens is 320 g/mol. The normalized spacial score (nSPS) is 12.7. The Morgan fingerprint density at radius 2 is 1.94 bits per heavy atom. The van der Waals surface area contributed by atoms with Crippen LogP contribution < -0.4 is 5.32 Å². The van der Waals surface area contributed by atoms with E-state index in [4.69, 9.17) is 0 Å². The number of halogens is 3. The number of hydrogen-bond acceptors (Lipinski definition) is 2. The lowest BCUT2D eigenvalue weighted by Crippen LogP contribution is -2.20. The maximum atomic E-state index is 14.1. The third-order valence-electron chi connectivity index (χ3n) is 2.78. The van der Waals surface area contributed by atoms with E-state index < -0.39 is 17.7 Å². The largest absolute Gasteiger partial charge is 0.308 e. The molecule has 0 aliphatic rings. The second kappa shape index (κ2) is 5.47. The van der Waals surface area contributed by atoms with Crippen LogP contribution in [0.15, 0.2) is 28.1 Å². The number of hydrogen-bond donors (Lipinski definition) is 1. The van der Waals surface area contributed by atoms with Gasteiger partial charge in [-0.25, -0.2) is 8.78 Å². The highest BCUT2D eigenvalue weighted by Crippen LogP contribution is 2.34. The molecule has 1 heterocycles. The molecule has 1 N–H and O–H groups in total. The average Bonchev–Trinajstić information content (AvgIpc) is 2.76. The van der Waals surface area contributed by atoms with Gasteiger partial charge in [-0.3, -0.25) is 0 Å². The lowest BCUT2D eigenvalue weighted by Gasteiger charge is -2.17. The van der Waals surface area contributed by atoms with Crippen LogP contribution in [-0.2, 0) is 0 Å². The van der Waals surface area contributed by atoms with Gasteiger partial charge in [0.05, 0.1) is 9.83 Å². The van der Waals surface area contributed by atoms with Crippen LogP contribution in [0.5, 0.6) is 0 Å². The van der Waals surface area contributed by atoms with Crippen molar-refractivity contribution < 1.29 is 8.78 Å². The molecule has 5 heteroatoms. The lowest BCUT2D eigenvalue weighted by molar-refractivity contribution is 0.520. The van der Waals surface area contributed by atoms with Crippen LogP contribution in [0.4, 0.5) is 8.78 Å². The summed E-state index contributed by atoms with van der Waals surface area (Å²) in [5.74, 6) is -1.01. The standard InChI is InChI=1S/C13H12BrF2NS/c1-7-3-4-8(15)11(12(7)16)13(17-2)9-5-6-10(14)18-9/h3-6,13,17H,1-2H3. The van der Waals surface area contributed by atoms with Crippen LogP contribution in [-0.4, -0.2) is 7.05 Å². The average molecular weight is 332 g/mol. The predicted molar refractivity (Wildman–Crippen MR) is 74.0 cm³/mol. The minimum atomic E-state index is -0.526. The van der Waals surface area contributed by atoms with Gasteiger partial charge in [0.2, 0.25) is 0 Å². The third kappa shape index (κ3) is 2.48. The van der Waals surface area contributed by atoms with E-state index in [1.54, 1.807) is 14.0 Å². The van der Waals surface area contributed by atoms with Crippen LogP contribution in [0.25, 0.3) is 0 Å². The zero-order valence-corrected chi connectivity index (χ0v) is 12.3. The zero-order valence-electron chi connectivity index (χ0n) is 9.93. The summed E-state index contributed by atoms with van der Waals surface area (Å²) in [5, 5.41) is 2.97. The van der Waals surface area contributed by atoms with E-state index in [1.165, 1.54) is 23.5 Å². The van der Waals surface area contributed by atoms with E-state index in [2.05, 4.69) is 21.2 Å². The molecular formula is C13H12BrF2NS. The van der Waals surface area contributed by atoms with Crippen molar-refractivity contribution >= 4 is 27.3 Å². The molecule has 0 spiro atoms. The van der Waals surface area contributed by atoms with Crippen molar-refractivity contribution in [2.75, 3.05) is 7.05 Å². The molecule has 0 fully saturated rings. The zero-order chi connectivity index (χ0) is 13.3. The molecule has 1 nitrogen and oxygen atoms in total. The maximum Gasteiger partial charge on any atom is 0.134 e. The van der Waals surface area contributed by atoms with Gasteiger partial charge >= 0.3 is 0 Å². The van der Waals surface area contributed by atoms with Crippen molar-refractivity contribution in [1.29, 1.82) is 0 Å². The molecule has 96 valence electrons. The molecule has 1 unspecified atom stereocenters. The second-order valence-electron chi connectivity index (χ2n) is 3.96. The molecule has 0 aliphatic heterocycles. The Balaban J connectivity index is 2.55. The predicted octanol–water partition coefficient (Wildman–Crippen LogP) is 4.41. The number of benzene rings is 1. The number of nitrogens with one attached hydrogen (secondary N) is 1. The summed E-state index contributed by atoms with van der Waals surface area (Å²) >= 11 is 4.82.